The Morgan fingerprint density at radius 2 is 2.00 bits per heavy atom. The monoisotopic (exact) mass is 213 g/mol. The molecular formula is C11H16ClNO. The Kier molecular flexibility index (Phi) is 4.39. The van der Waals surface area contributed by atoms with Gasteiger partial charge in [0.15, 0.2) is 0 Å². The van der Waals surface area contributed by atoms with Crippen molar-refractivity contribution in [1.29, 1.82) is 0 Å². The molecule has 2 N–H and O–H groups in total. The molecule has 2 nitrogen and oxygen atoms in total. The average Bonchev–Trinajstić information content (AvgIpc) is 2.15. The van der Waals surface area contributed by atoms with E-state index in [4.69, 9.17) is 16.7 Å². The molecule has 0 aliphatic rings. The highest BCUT2D eigenvalue weighted by Gasteiger charge is 2.08. The number of hydrogen-bond donors (Lipinski definition) is 2. The van der Waals surface area contributed by atoms with Crippen molar-refractivity contribution in [2.24, 2.45) is 0 Å². The fraction of sp³-hybridized carbons (Fsp3) is 0.455. The molecule has 0 heterocycles. The SMILES string of the molecule is C[C@H](O)CN[C@@H](C)c1ccccc1Cl. The highest BCUT2D eigenvalue weighted by Crippen LogP contribution is 2.21. The number of nitrogens with one attached hydrogen (secondary N) is 1. The summed E-state index contributed by atoms with van der Waals surface area (Å²) < 4.78 is 0. The molecule has 0 fully saturated rings. The van der Waals surface area contributed by atoms with Gasteiger partial charge in [-0.25, -0.2) is 0 Å². The van der Waals surface area contributed by atoms with Crippen molar-refractivity contribution in [1.82, 2.24) is 5.32 Å². The number of halogens is 1. The van der Waals surface area contributed by atoms with Gasteiger partial charge in [0.2, 0.25) is 0 Å². The molecule has 78 valence electrons. The van der Waals surface area contributed by atoms with Gasteiger partial charge >= 0.3 is 0 Å². The van der Waals surface area contributed by atoms with Gasteiger partial charge < -0.3 is 10.4 Å². The summed E-state index contributed by atoms with van der Waals surface area (Å²) in [5, 5.41) is 13.1. The number of aliphatic hydroxyl groups excluding tert-OH is 1. The van der Waals surface area contributed by atoms with E-state index in [0.717, 1.165) is 10.6 Å². The molecule has 0 aromatic heterocycles. The lowest BCUT2D eigenvalue weighted by Crippen LogP contribution is -2.27. The quantitative estimate of drug-likeness (QED) is 0.805. The summed E-state index contributed by atoms with van der Waals surface area (Å²) in [5.41, 5.74) is 1.06. The van der Waals surface area contributed by atoms with Crippen molar-refractivity contribution in [3.05, 3.63) is 34.9 Å². The molecule has 0 aliphatic heterocycles. The summed E-state index contributed by atoms with van der Waals surface area (Å²) in [6, 6.07) is 7.90. The van der Waals surface area contributed by atoms with Gasteiger partial charge in [-0.15, -0.1) is 0 Å². The Hall–Kier alpha value is -0.570. The van der Waals surface area contributed by atoms with Crippen LogP contribution in [-0.2, 0) is 0 Å². The highest BCUT2D eigenvalue weighted by molar-refractivity contribution is 6.31. The van der Waals surface area contributed by atoms with Crippen LogP contribution >= 0.6 is 11.6 Å². The predicted molar refractivity (Wildman–Crippen MR) is 59.6 cm³/mol. The number of hydrogen-bond acceptors (Lipinski definition) is 2. The summed E-state index contributed by atoms with van der Waals surface area (Å²) in [6.45, 7) is 4.36. The zero-order chi connectivity index (χ0) is 10.6. The van der Waals surface area contributed by atoms with Crippen LogP contribution in [0.1, 0.15) is 25.5 Å². The minimum absolute atomic E-state index is 0.165. The minimum atomic E-state index is -0.333. The van der Waals surface area contributed by atoms with E-state index in [0.29, 0.717) is 6.54 Å². The van der Waals surface area contributed by atoms with Gasteiger partial charge in [-0.2, -0.15) is 0 Å². The second-order valence-corrected chi connectivity index (χ2v) is 3.91. The Balaban J connectivity index is 2.60. The number of rotatable bonds is 4. The van der Waals surface area contributed by atoms with Crippen LogP contribution in [-0.4, -0.2) is 17.8 Å². The van der Waals surface area contributed by atoms with Crippen LogP contribution in [0.15, 0.2) is 24.3 Å². The van der Waals surface area contributed by atoms with Gasteiger partial charge in [-0.1, -0.05) is 29.8 Å². The van der Waals surface area contributed by atoms with Gasteiger partial charge in [0, 0.05) is 17.6 Å². The maximum Gasteiger partial charge on any atom is 0.0636 e. The molecule has 0 amide bonds. The largest absolute Gasteiger partial charge is 0.392 e. The topological polar surface area (TPSA) is 32.3 Å². The Bertz CT molecular complexity index is 288. The molecule has 0 bridgehead atoms. The normalized spacial score (nSPS) is 15.1. The molecule has 14 heavy (non-hydrogen) atoms. The molecule has 1 aromatic rings. The average molecular weight is 214 g/mol. The third-order valence-electron chi connectivity index (χ3n) is 2.09. The second-order valence-electron chi connectivity index (χ2n) is 3.50. The van der Waals surface area contributed by atoms with E-state index in [2.05, 4.69) is 5.32 Å². The van der Waals surface area contributed by atoms with Crippen LogP contribution in [0.3, 0.4) is 0 Å². The highest BCUT2D eigenvalue weighted by atomic mass is 35.5. The van der Waals surface area contributed by atoms with Crippen LogP contribution in [0, 0.1) is 0 Å². The third-order valence-corrected chi connectivity index (χ3v) is 2.44. The van der Waals surface area contributed by atoms with Crippen LogP contribution in [0.4, 0.5) is 0 Å². The predicted octanol–water partition coefficient (Wildman–Crippen LogP) is 2.37. The third kappa shape index (κ3) is 3.29. The molecule has 3 heteroatoms. The van der Waals surface area contributed by atoms with Crippen molar-refractivity contribution >= 4 is 11.6 Å². The van der Waals surface area contributed by atoms with Crippen molar-refractivity contribution in [3.8, 4) is 0 Å². The lowest BCUT2D eigenvalue weighted by atomic mass is 10.1. The standard InChI is InChI=1S/C11H16ClNO/c1-8(14)7-13-9(2)10-5-3-4-6-11(10)12/h3-6,8-9,13-14H,7H2,1-2H3/t8-,9-/m0/s1. The first-order chi connectivity index (χ1) is 6.61. The Morgan fingerprint density at radius 3 is 2.57 bits per heavy atom. The Labute approximate surface area is 89.9 Å². The fourth-order valence-electron chi connectivity index (χ4n) is 1.28. The first kappa shape index (κ1) is 11.5. The van der Waals surface area contributed by atoms with Gasteiger partial charge in [0.25, 0.3) is 0 Å². The first-order valence-electron chi connectivity index (χ1n) is 4.77. The van der Waals surface area contributed by atoms with E-state index in [9.17, 15) is 0 Å². The van der Waals surface area contributed by atoms with Crippen molar-refractivity contribution in [3.63, 3.8) is 0 Å². The van der Waals surface area contributed by atoms with Gasteiger partial charge in [0.05, 0.1) is 6.10 Å². The summed E-state index contributed by atoms with van der Waals surface area (Å²) in [5.74, 6) is 0. The minimum Gasteiger partial charge on any atom is -0.392 e. The molecule has 0 saturated carbocycles. The molecule has 1 aromatic carbocycles. The van der Waals surface area contributed by atoms with E-state index in [-0.39, 0.29) is 12.1 Å². The van der Waals surface area contributed by atoms with E-state index in [1.54, 1.807) is 6.92 Å². The summed E-state index contributed by atoms with van der Waals surface area (Å²) in [7, 11) is 0. The zero-order valence-corrected chi connectivity index (χ0v) is 9.25. The van der Waals surface area contributed by atoms with E-state index >= 15 is 0 Å². The maximum absolute atomic E-state index is 9.12. The molecule has 1 rings (SSSR count). The lowest BCUT2D eigenvalue weighted by Gasteiger charge is -2.16. The van der Waals surface area contributed by atoms with Gasteiger partial charge in [-0.3, -0.25) is 0 Å². The molecule has 0 spiro atoms. The smallest absolute Gasteiger partial charge is 0.0636 e. The molecule has 0 saturated heterocycles. The van der Waals surface area contributed by atoms with Crippen molar-refractivity contribution in [2.75, 3.05) is 6.54 Å². The van der Waals surface area contributed by atoms with Crippen LogP contribution in [0.25, 0.3) is 0 Å². The van der Waals surface area contributed by atoms with Gasteiger partial charge in [0.1, 0.15) is 0 Å². The summed E-state index contributed by atoms with van der Waals surface area (Å²) in [6.07, 6.45) is -0.333. The lowest BCUT2D eigenvalue weighted by molar-refractivity contribution is 0.187. The maximum atomic E-state index is 9.12. The molecule has 2 atom stereocenters. The molecular weight excluding hydrogens is 198 g/mol. The number of benzene rings is 1. The van der Waals surface area contributed by atoms with Crippen molar-refractivity contribution in [2.45, 2.75) is 26.0 Å². The van der Waals surface area contributed by atoms with E-state index in [1.807, 2.05) is 31.2 Å². The second kappa shape index (κ2) is 5.35. The Morgan fingerprint density at radius 1 is 1.36 bits per heavy atom. The van der Waals surface area contributed by atoms with Crippen LogP contribution in [0.5, 0.6) is 0 Å². The summed E-state index contributed by atoms with van der Waals surface area (Å²) >= 11 is 6.03. The first-order valence-corrected chi connectivity index (χ1v) is 5.15. The van der Waals surface area contributed by atoms with Gasteiger partial charge in [-0.05, 0) is 25.5 Å². The molecule has 0 radical (unpaired) electrons. The zero-order valence-electron chi connectivity index (χ0n) is 8.50. The summed E-state index contributed by atoms with van der Waals surface area (Å²) in [4.78, 5) is 0. The van der Waals surface area contributed by atoms with Crippen LogP contribution < -0.4 is 5.32 Å². The fourth-order valence-corrected chi connectivity index (χ4v) is 1.58. The molecule has 0 unspecified atom stereocenters. The molecule has 0 aliphatic carbocycles. The van der Waals surface area contributed by atoms with E-state index < -0.39 is 0 Å². The van der Waals surface area contributed by atoms with Crippen LogP contribution in [0.2, 0.25) is 5.02 Å². The van der Waals surface area contributed by atoms with E-state index in [1.165, 1.54) is 0 Å². The number of aliphatic hydroxyl groups is 1. The van der Waals surface area contributed by atoms with Crippen molar-refractivity contribution < 1.29 is 5.11 Å².